The van der Waals surface area contributed by atoms with E-state index in [2.05, 4.69) is 0 Å². The average molecular weight is 394 g/mol. The maximum absolute atomic E-state index is 13.0. The van der Waals surface area contributed by atoms with Crippen molar-refractivity contribution in [2.45, 2.75) is 6.42 Å². The third kappa shape index (κ3) is 4.78. The molecular weight excluding hydrogens is 377 g/mol. The molecule has 1 saturated heterocycles. The van der Waals surface area contributed by atoms with Gasteiger partial charge in [-0.3, -0.25) is 4.79 Å². The Hall–Kier alpha value is -2.02. The number of rotatable bonds is 4. The van der Waals surface area contributed by atoms with Gasteiger partial charge in [-0.15, -0.1) is 0 Å². The average Bonchev–Trinajstić information content (AvgIpc) is 2.65. The van der Waals surface area contributed by atoms with Crippen molar-refractivity contribution in [3.8, 4) is 5.75 Å². The summed E-state index contributed by atoms with van der Waals surface area (Å²) in [4.78, 5) is 14.8. The molecule has 0 saturated carbocycles. The number of halogens is 2. The van der Waals surface area contributed by atoms with Gasteiger partial charge in [-0.2, -0.15) is 0 Å². The minimum Gasteiger partial charge on any atom is -0.426 e. The summed E-state index contributed by atoms with van der Waals surface area (Å²) < 4.78 is 23.8. The summed E-state index contributed by atoms with van der Waals surface area (Å²) in [5.74, 6) is -0.444. The Bertz CT molecular complexity index is 807. The molecule has 0 bridgehead atoms. The summed E-state index contributed by atoms with van der Waals surface area (Å²) in [6, 6.07) is 10.7. The highest BCUT2D eigenvalue weighted by Crippen LogP contribution is 2.26. The van der Waals surface area contributed by atoms with E-state index in [0.29, 0.717) is 53.2 Å². The number of esters is 1. The fourth-order valence-corrected chi connectivity index (χ4v) is 3.14. The zero-order valence-electron chi connectivity index (χ0n) is 13.9. The lowest BCUT2D eigenvalue weighted by molar-refractivity contribution is -0.133. The van der Waals surface area contributed by atoms with Crippen LogP contribution in [0.3, 0.4) is 0 Å². The van der Waals surface area contributed by atoms with E-state index >= 15 is 0 Å². The summed E-state index contributed by atoms with van der Waals surface area (Å²) in [7, 11) is 0. The number of hydrogen-bond donors (Lipinski definition) is 0. The molecule has 0 spiro atoms. The minimum absolute atomic E-state index is 0.0344. The first kappa shape index (κ1) is 18.8. The highest BCUT2D eigenvalue weighted by Gasteiger charge is 2.20. The Kier molecular flexibility index (Phi) is 6.19. The molecule has 0 radical (unpaired) electrons. The Morgan fingerprint density at radius 1 is 1.19 bits per heavy atom. The summed E-state index contributed by atoms with van der Waals surface area (Å²) in [6.07, 6.45) is 0.0344. The molecule has 7 heteroatoms. The first-order valence-corrected chi connectivity index (χ1v) is 8.93. The van der Waals surface area contributed by atoms with Gasteiger partial charge in [0.2, 0.25) is 0 Å². The van der Waals surface area contributed by atoms with Crippen molar-refractivity contribution in [2.24, 2.45) is 0 Å². The van der Waals surface area contributed by atoms with E-state index in [1.807, 2.05) is 4.90 Å². The van der Waals surface area contributed by atoms with Crippen molar-refractivity contribution in [3.63, 3.8) is 0 Å². The van der Waals surface area contributed by atoms with Crippen LogP contribution in [-0.2, 0) is 16.0 Å². The molecule has 0 aromatic heterocycles. The zero-order valence-corrected chi connectivity index (χ0v) is 15.5. The van der Waals surface area contributed by atoms with Crippen molar-refractivity contribution in [1.82, 2.24) is 4.90 Å². The third-order valence-corrected chi connectivity index (χ3v) is 4.67. The van der Waals surface area contributed by atoms with Gasteiger partial charge in [0, 0.05) is 18.1 Å². The number of thiocarbonyl (C=S) groups is 1. The first-order chi connectivity index (χ1) is 12.5. The summed E-state index contributed by atoms with van der Waals surface area (Å²) in [5, 5.41) is 0.508. The Morgan fingerprint density at radius 2 is 1.88 bits per heavy atom. The molecule has 2 aromatic rings. The van der Waals surface area contributed by atoms with Crippen molar-refractivity contribution < 1.29 is 18.7 Å². The van der Waals surface area contributed by atoms with Crippen molar-refractivity contribution >= 4 is 34.8 Å². The van der Waals surface area contributed by atoms with Gasteiger partial charge in [0.05, 0.1) is 25.2 Å². The number of hydrogen-bond acceptors (Lipinski definition) is 4. The van der Waals surface area contributed by atoms with Crippen LogP contribution >= 0.6 is 23.8 Å². The standard InChI is InChI=1S/C19H17ClFNO3S/c20-14-3-6-17(16(12-14)19(26)22-7-9-24-10-8-22)25-18(23)11-13-1-4-15(21)5-2-13/h1-6,12H,7-11H2. The molecule has 0 N–H and O–H groups in total. The van der Waals surface area contributed by atoms with Crippen LogP contribution in [0.15, 0.2) is 42.5 Å². The number of ether oxygens (including phenoxy) is 2. The van der Waals surface area contributed by atoms with Gasteiger partial charge in [0.1, 0.15) is 16.6 Å². The van der Waals surface area contributed by atoms with E-state index in [0.717, 1.165) is 0 Å². The van der Waals surface area contributed by atoms with E-state index in [4.69, 9.17) is 33.3 Å². The molecule has 0 aliphatic carbocycles. The topological polar surface area (TPSA) is 38.8 Å². The number of carbonyl (C=O) groups is 1. The van der Waals surface area contributed by atoms with Gasteiger partial charge in [-0.1, -0.05) is 36.0 Å². The fraction of sp³-hybridized carbons (Fsp3) is 0.263. The van der Waals surface area contributed by atoms with E-state index in [-0.39, 0.29) is 12.2 Å². The quantitative estimate of drug-likeness (QED) is 0.450. The first-order valence-electron chi connectivity index (χ1n) is 8.14. The number of morpholine rings is 1. The highest BCUT2D eigenvalue weighted by atomic mass is 35.5. The van der Waals surface area contributed by atoms with E-state index < -0.39 is 5.97 Å². The molecule has 2 aromatic carbocycles. The van der Waals surface area contributed by atoms with E-state index in [1.54, 1.807) is 30.3 Å². The van der Waals surface area contributed by atoms with Crippen molar-refractivity contribution in [1.29, 1.82) is 0 Å². The Morgan fingerprint density at radius 3 is 2.58 bits per heavy atom. The number of benzene rings is 2. The van der Waals surface area contributed by atoms with Crippen molar-refractivity contribution in [3.05, 3.63) is 64.4 Å². The van der Waals surface area contributed by atoms with Crippen LogP contribution in [0.2, 0.25) is 5.02 Å². The largest absolute Gasteiger partial charge is 0.426 e. The summed E-state index contributed by atoms with van der Waals surface area (Å²) >= 11 is 11.7. The number of nitrogens with zero attached hydrogens (tertiary/aromatic N) is 1. The molecule has 1 fully saturated rings. The van der Waals surface area contributed by atoms with Gasteiger partial charge in [-0.25, -0.2) is 4.39 Å². The normalized spacial score (nSPS) is 14.2. The lowest BCUT2D eigenvalue weighted by Crippen LogP contribution is -2.40. The molecule has 1 aliphatic heterocycles. The molecule has 0 amide bonds. The zero-order chi connectivity index (χ0) is 18.5. The smallest absolute Gasteiger partial charge is 0.315 e. The second kappa shape index (κ2) is 8.58. The summed E-state index contributed by atoms with van der Waals surface area (Å²) in [5.41, 5.74) is 1.27. The Labute approximate surface area is 161 Å². The molecule has 3 rings (SSSR count). The molecular formula is C19H17ClFNO3S. The van der Waals surface area contributed by atoms with Gasteiger partial charge in [0.15, 0.2) is 0 Å². The lowest BCUT2D eigenvalue weighted by atomic mass is 10.1. The van der Waals surface area contributed by atoms with Gasteiger partial charge >= 0.3 is 5.97 Å². The molecule has 4 nitrogen and oxygen atoms in total. The van der Waals surface area contributed by atoms with Gasteiger partial charge < -0.3 is 14.4 Å². The molecule has 26 heavy (non-hydrogen) atoms. The van der Waals surface area contributed by atoms with Crippen LogP contribution in [-0.4, -0.2) is 42.2 Å². The molecule has 136 valence electrons. The predicted molar refractivity (Wildman–Crippen MR) is 101 cm³/mol. The molecule has 1 aliphatic rings. The van der Waals surface area contributed by atoms with Crippen molar-refractivity contribution in [2.75, 3.05) is 26.3 Å². The lowest BCUT2D eigenvalue weighted by Gasteiger charge is -2.29. The Balaban J connectivity index is 1.75. The highest BCUT2D eigenvalue weighted by molar-refractivity contribution is 7.80. The van der Waals surface area contributed by atoms with Crippen LogP contribution in [0, 0.1) is 5.82 Å². The monoisotopic (exact) mass is 393 g/mol. The van der Waals surface area contributed by atoms with Crippen LogP contribution in [0.4, 0.5) is 4.39 Å². The van der Waals surface area contributed by atoms with Crippen LogP contribution < -0.4 is 4.74 Å². The van der Waals surface area contributed by atoms with Gasteiger partial charge in [-0.05, 0) is 35.9 Å². The van der Waals surface area contributed by atoms with Crippen LogP contribution in [0.5, 0.6) is 5.75 Å². The third-order valence-electron chi connectivity index (χ3n) is 3.96. The van der Waals surface area contributed by atoms with Crippen LogP contribution in [0.25, 0.3) is 0 Å². The molecule has 0 unspecified atom stereocenters. The molecule has 1 heterocycles. The molecule has 0 atom stereocenters. The maximum atomic E-state index is 13.0. The maximum Gasteiger partial charge on any atom is 0.315 e. The van der Waals surface area contributed by atoms with E-state index in [9.17, 15) is 9.18 Å². The fourth-order valence-electron chi connectivity index (χ4n) is 2.62. The van der Waals surface area contributed by atoms with E-state index in [1.165, 1.54) is 12.1 Å². The SMILES string of the molecule is O=C(Cc1ccc(F)cc1)Oc1ccc(Cl)cc1C(=S)N1CCOCC1. The predicted octanol–water partition coefficient (Wildman–Crippen LogP) is 3.63. The summed E-state index contributed by atoms with van der Waals surface area (Å²) in [6.45, 7) is 2.55. The second-order valence-corrected chi connectivity index (χ2v) is 6.65. The number of carbonyl (C=O) groups excluding carboxylic acids is 1. The van der Waals surface area contributed by atoms with Crippen LogP contribution in [0.1, 0.15) is 11.1 Å². The minimum atomic E-state index is -0.454. The van der Waals surface area contributed by atoms with Gasteiger partial charge in [0.25, 0.3) is 0 Å². The second-order valence-electron chi connectivity index (χ2n) is 5.82.